The van der Waals surface area contributed by atoms with Crippen LogP contribution in [0.3, 0.4) is 0 Å². The van der Waals surface area contributed by atoms with Crippen molar-refractivity contribution in [1.82, 2.24) is 4.98 Å². The van der Waals surface area contributed by atoms with Gasteiger partial charge in [-0.2, -0.15) is 5.26 Å². The summed E-state index contributed by atoms with van der Waals surface area (Å²) in [5, 5.41) is 11.9. The number of nitrogens with zero attached hydrogens (tertiary/aromatic N) is 3. The van der Waals surface area contributed by atoms with Gasteiger partial charge in [0, 0.05) is 17.3 Å². The van der Waals surface area contributed by atoms with Crippen LogP contribution in [-0.2, 0) is 0 Å². The molecule has 1 aromatic carbocycles. The number of nitriles is 1. The highest BCUT2D eigenvalue weighted by Crippen LogP contribution is 2.30. The van der Waals surface area contributed by atoms with E-state index in [0.717, 1.165) is 22.2 Å². The van der Waals surface area contributed by atoms with Gasteiger partial charge >= 0.3 is 0 Å². The van der Waals surface area contributed by atoms with E-state index in [1.54, 1.807) is 6.21 Å². The number of hydrogen-bond donors (Lipinski definition) is 0. The quantitative estimate of drug-likeness (QED) is 0.814. The Morgan fingerprint density at radius 3 is 3.05 bits per heavy atom. The third-order valence-electron chi connectivity index (χ3n) is 3.17. The van der Waals surface area contributed by atoms with E-state index in [9.17, 15) is 5.26 Å². The zero-order valence-electron chi connectivity index (χ0n) is 12.1. The van der Waals surface area contributed by atoms with E-state index in [1.165, 1.54) is 11.3 Å². The molecule has 6 heteroatoms. The first-order chi connectivity index (χ1) is 10.8. The molecule has 0 saturated carbocycles. The smallest absolute Gasteiger partial charge is 0.161 e. The van der Waals surface area contributed by atoms with Crippen molar-refractivity contribution < 1.29 is 9.47 Å². The van der Waals surface area contributed by atoms with E-state index in [0.29, 0.717) is 13.2 Å². The van der Waals surface area contributed by atoms with Crippen molar-refractivity contribution in [1.29, 1.82) is 5.26 Å². The van der Waals surface area contributed by atoms with Crippen molar-refractivity contribution in [3.05, 3.63) is 40.3 Å². The third-order valence-corrected chi connectivity index (χ3v) is 4.22. The minimum Gasteiger partial charge on any atom is -0.486 e. The molecule has 5 nitrogen and oxygen atoms in total. The highest BCUT2D eigenvalue weighted by Gasteiger charge is 2.20. The molecule has 2 aromatic rings. The van der Waals surface area contributed by atoms with Crippen molar-refractivity contribution in [3.8, 4) is 17.6 Å². The van der Waals surface area contributed by atoms with Crippen LogP contribution in [0.15, 0.2) is 34.6 Å². The Kier molecular flexibility index (Phi) is 4.35. The predicted molar refractivity (Wildman–Crippen MR) is 84.9 cm³/mol. The molecule has 0 N–H and O–H groups in total. The van der Waals surface area contributed by atoms with Gasteiger partial charge in [-0.15, -0.1) is 11.3 Å². The molecule has 112 valence electrons. The summed E-state index contributed by atoms with van der Waals surface area (Å²) in [7, 11) is 0. The number of aromatic nitrogens is 1. The Hall–Kier alpha value is -2.39. The van der Waals surface area contributed by atoms with Crippen LogP contribution in [-0.4, -0.2) is 30.5 Å². The highest BCUT2D eigenvalue weighted by atomic mass is 32.1. The molecular weight excluding hydrogens is 298 g/mol. The lowest BCUT2D eigenvalue weighted by atomic mass is 10.2. The van der Waals surface area contributed by atoms with Crippen LogP contribution in [0.2, 0.25) is 0 Å². The van der Waals surface area contributed by atoms with Crippen LogP contribution in [0, 0.1) is 18.3 Å². The van der Waals surface area contributed by atoms with Crippen molar-refractivity contribution in [3.63, 3.8) is 0 Å². The van der Waals surface area contributed by atoms with Crippen molar-refractivity contribution in [2.45, 2.75) is 18.9 Å². The first kappa shape index (κ1) is 14.5. The predicted octanol–water partition coefficient (Wildman–Crippen LogP) is 2.97. The van der Waals surface area contributed by atoms with Crippen LogP contribution in [0.25, 0.3) is 0 Å². The van der Waals surface area contributed by atoms with Crippen molar-refractivity contribution in [2.24, 2.45) is 4.99 Å². The maximum atomic E-state index is 9.23. The lowest BCUT2D eigenvalue weighted by Gasteiger charge is -2.25. The summed E-state index contributed by atoms with van der Waals surface area (Å²) in [4.78, 5) is 8.66. The van der Waals surface area contributed by atoms with Crippen LogP contribution in [0.4, 0.5) is 0 Å². The number of fused-ring (bicyclic) bond motifs is 1. The standard InChI is InChI=1S/C16H15N3O2S/c1-11-10-22-16(19-11)12(6-17)7-18-8-13-9-20-14-4-2-3-5-15(14)21-13/h2-5,7,10,12-13H,8-9H2,1H3/t12-,13+/m1/s1. The molecule has 0 spiro atoms. The second kappa shape index (κ2) is 6.58. The molecular formula is C16H15N3O2S. The largest absolute Gasteiger partial charge is 0.486 e. The van der Waals surface area contributed by atoms with Gasteiger partial charge in [-0.25, -0.2) is 4.98 Å². The van der Waals surface area contributed by atoms with Crippen molar-refractivity contribution in [2.75, 3.05) is 13.2 Å². The van der Waals surface area contributed by atoms with Gasteiger partial charge in [0.25, 0.3) is 0 Å². The normalized spacial score (nSPS) is 18.1. The first-order valence-electron chi connectivity index (χ1n) is 6.96. The number of aryl methyl sites for hydroxylation is 1. The SMILES string of the molecule is Cc1csc([C@H](C#N)C=NC[C@H]2COc3ccccc3O2)n1. The maximum Gasteiger partial charge on any atom is 0.161 e. The Morgan fingerprint density at radius 2 is 2.32 bits per heavy atom. The lowest BCUT2D eigenvalue weighted by Crippen LogP contribution is -2.31. The van der Waals surface area contributed by atoms with E-state index in [2.05, 4.69) is 16.0 Å². The molecule has 0 amide bonds. The Balaban J connectivity index is 1.60. The number of benzene rings is 1. The van der Waals surface area contributed by atoms with Crippen molar-refractivity contribution >= 4 is 17.6 Å². The molecule has 0 radical (unpaired) electrons. The first-order valence-corrected chi connectivity index (χ1v) is 7.84. The lowest BCUT2D eigenvalue weighted by molar-refractivity contribution is 0.0973. The van der Waals surface area contributed by atoms with Gasteiger partial charge in [0.05, 0.1) is 12.6 Å². The summed E-state index contributed by atoms with van der Waals surface area (Å²) < 4.78 is 11.5. The monoisotopic (exact) mass is 313 g/mol. The molecule has 0 aliphatic carbocycles. The zero-order valence-corrected chi connectivity index (χ0v) is 12.9. The highest BCUT2D eigenvalue weighted by molar-refractivity contribution is 7.09. The molecule has 0 saturated heterocycles. The summed E-state index contributed by atoms with van der Waals surface area (Å²) in [5.74, 6) is 1.09. The number of rotatable bonds is 4. The molecule has 22 heavy (non-hydrogen) atoms. The van der Waals surface area contributed by atoms with Gasteiger partial charge in [0.2, 0.25) is 0 Å². The molecule has 0 fully saturated rings. The molecule has 0 bridgehead atoms. The molecule has 3 rings (SSSR count). The van der Waals surface area contributed by atoms with Gasteiger partial charge in [-0.1, -0.05) is 12.1 Å². The molecule has 2 atom stereocenters. The van der Waals surface area contributed by atoms with E-state index >= 15 is 0 Å². The van der Waals surface area contributed by atoms with E-state index in [1.807, 2.05) is 36.6 Å². The molecule has 1 aromatic heterocycles. The summed E-state index contributed by atoms with van der Waals surface area (Å²) in [5.41, 5.74) is 0.925. The van der Waals surface area contributed by atoms with Gasteiger partial charge in [-0.05, 0) is 19.1 Å². The Morgan fingerprint density at radius 1 is 1.50 bits per heavy atom. The summed E-state index contributed by atoms with van der Waals surface area (Å²) in [6.45, 7) is 2.83. The summed E-state index contributed by atoms with van der Waals surface area (Å²) >= 11 is 1.48. The topological polar surface area (TPSA) is 67.5 Å². The second-order valence-corrected chi connectivity index (χ2v) is 5.84. The van der Waals surface area contributed by atoms with E-state index < -0.39 is 5.92 Å². The Bertz CT molecular complexity index is 720. The fraction of sp³-hybridized carbons (Fsp3) is 0.312. The van der Waals surface area contributed by atoms with Gasteiger partial charge in [0.15, 0.2) is 17.6 Å². The van der Waals surface area contributed by atoms with Crippen LogP contribution in [0.1, 0.15) is 16.6 Å². The van der Waals surface area contributed by atoms with Gasteiger partial charge < -0.3 is 9.47 Å². The number of aliphatic imine (C=N–C) groups is 1. The minimum absolute atomic E-state index is 0.136. The fourth-order valence-corrected chi connectivity index (χ4v) is 2.91. The summed E-state index contributed by atoms with van der Waals surface area (Å²) in [6.07, 6.45) is 1.51. The van der Waals surface area contributed by atoms with E-state index in [4.69, 9.17) is 9.47 Å². The van der Waals surface area contributed by atoms with Gasteiger partial charge in [-0.3, -0.25) is 4.99 Å². The minimum atomic E-state index is -0.407. The molecule has 0 unspecified atom stereocenters. The molecule has 2 heterocycles. The van der Waals surface area contributed by atoms with Gasteiger partial charge in [0.1, 0.15) is 17.5 Å². The molecule has 1 aliphatic heterocycles. The van der Waals surface area contributed by atoms with E-state index in [-0.39, 0.29) is 6.10 Å². The fourth-order valence-electron chi connectivity index (χ4n) is 2.10. The number of para-hydroxylation sites is 2. The Labute approximate surface area is 132 Å². The van der Waals surface area contributed by atoms with Crippen LogP contribution >= 0.6 is 11.3 Å². The second-order valence-electron chi connectivity index (χ2n) is 4.95. The zero-order chi connectivity index (χ0) is 15.4. The average molecular weight is 313 g/mol. The third kappa shape index (κ3) is 3.26. The number of thiazole rings is 1. The number of hydrogen-bond acceptors (Lipinski definition) is 6. The van der Waals surface area contributed by atoms with Crippen LogP contribution < -0.4 is 9.47 Å². The number of ether oxygens (including phenoxy) is 2. The molecule has 1 aliphatic rings. The average Bonchev–Trinajstić information content (AvgIpc) is 2.98. The maximum absolute atomic E-state index is 9.23. The summed E-state index contributed by atoms with van der Waals surface area (Å²) in [6, 6.07) is 9.79. The van der Waals surface area contributed by atoms with Crippen LogP contribution in [0.5, 0.6) is 11.5 Å².